The van der Waals surface area contributed by atoms with Crippen molar-refractivity contribution in [2.45, 2.75) is 0 Å². The molecule has 122 valence electrons. The van der Waals surface area contributed by atoms with Crippen LogP contribution in [0.5, 0.6) is 0 Å². The second-order valence-corrected chi connectivity index (χ2v) is 6.43. The number of aromatic nitrogens is 1. The van der Waals surface area contributed by atoms with Crippen molar-refractivity contribution in [3.8, 4) is 10.6 Å². The molecular weight excluding hydrogens is 324 g/mol. The summed E-state index contributed by atoms with van der Waals surface area (Å²) in [6, 6.07) is 15.0. The number of benzene rings is 2. The van der Waals surface area contributed by atoms with Gasteiger partial charge in [-0.15, -0.1) is 11.3 Å². The summed E-state index contributed by atoms with van der Waals surface area (Å²) in [6.07, 6.45) is 0. The lowest BCUT2D eigenvalue weighted by molar-refractivity contribution is -0.131. The van der Waals surface area contributed by atoms with Crippen LogP contribution >= 0.6 is 11.3 Å². The van der Waals surface area contributed by atoms with Crippen molar-refractivity contribution in [2.24, 2.45) is 0 Å². The Kier molecular flexibility index (Phi) is 4.57. The summed E-state index contributed by atoms with van der Waals surface area (Å²) < 4.78 is 6.19. The number of hydrogen-bond donors (Lipinski definition) is 0. The molecule has 2 aromatic carbocycles. The van der Waals surface area contributed by atoms with E-state index in [1.165, 1.54) is 16.2 Å². The molecule has 0 N–H and O–H groups in total. The standard InChI is InChI=1S/C18H16N2O3S/c1-20(2)16(21)11-23-18(22)13-8-4-3-7-12(13)17-19-14-9-5-6-10-15(14)24-17/h3-10H,11H2,1-2H3. The summed E-state index contributed by atoms with van der Waals surface area (Å²) in [7, 11) is 3.23. The number of nitrogens with zero attached hydrogens (tertiary/aromatic N) is 2. The van der Waals surface area contributed by atoms with Gasteiger partial charge < -0.3 is 9.64 Å². The fourth-order valence-electron chi connectivity index (χ4n) is 2.17. The van der Waals surface area contributed by atoms with E-state index in [1.54, 1.807) is 26.2 Å². The smallest absolute Gasteiger partial charge is 0.339 e. The molecule has 0 spiro atoms. The van der Waals surface area contributed by atoms with Gasteiger partial charge in [-0.25, -0.2) is 9.78 Å². The SMILES string of the molecule is CN(C)C(=O)COC(=O)c1ccccc1-c1nc2ccccc2s1. The third kappa shape index (κ3) is 3.28. The molecule has 0 radical (unpaired) electrons. The van der Waals surface area contributed by atoms with E-state index in [9.17, 15) is 9.59 Å². The highest BCUT2D eigenvalue weighted by Gasteiger charge is 2.18. The quantitative estimate of drug-likeness (QED) is 0.684. The largest absolute Gasteiger partial charge is 0.452 e. The maximum absolute atomic E-state index is 12.4. The molecule has 5 nitrogen and oxygen atoms in total. The zero-order valence-electron chi connectivity index (χ0n) is 13.4. The molecule has 0 aliphatic heterocycles. The number of para-hydroxylation sites is 1. The van der Waals surface area contributed by atoms with Crippen molar-refractivity contribution < 1.29 is 14.3 Å². The first-order valence-corrected chi connectivity index (χ1v) is 8.20. The second-order valence-electron chi connectivity index (χ2n) is 5.40. The van der Waals surface area contributed by atoms with Gasteiger partial charge in [-0.3, -0.25) is 4.79 Å². The predicted molar refractivity (Wildman–Crippen MR) is 94.0 cm³/mol. The minimum atomic E-state index is -0.528. The second kappa shape index (κ2) is 6.80. The summed E-state index contributed by atoms with van der Waals surface area (Å²) in [5, 5.41) is 0.752. The van der Waals surface area contributed by atoms with Gasteiger partial charge in [0.05, 0.1) is 15.8 Å². The molecule has 0 aliphatic carbocycles. The van der Waals surface area contributed by atoms with Crippen LogP contribution in [0.15, 0.2) is 48.5 Å². The maximum Gasteiger partial charge on any atom is 0.339 e. The third-order valence-electron chi connectivity index (χ3n) is 3.50. The topological polar surface area (TPSA) is 59.5 Å². The molecule has 0 fully saturated rings. The molecule has 1 aromatic heterocycles. The van der Waals surface area contributed by atoms with Crippen LogP contribution < -0.4 is 0 Å². The van der Waals surface area contributed by atoms with Gasteiger partial charge >= 0.3 is 5.97 Å². The van der Waals surface area contributed by atoms with Crippen molar-refractivity contribution in [3.63, 3.8) is 0 Å². The highest BCUT2D eigenvalue weighted by Crippen LogP contribution is 2.32. The van der Waals surface area contributed by atoms with E-state index in [4.69, 9.17) is 4.74 Å². The molecule has 0 aliphatic rings. The number of esters is 1. The van der Waals surface area contributed by atoms with Gasteiger partial charge in [0.1, 0.15) is 5.01 Å². The van der Waals surface area contributed by atoms with Crippen LogP contribution in [-0.2, 0) is 9.53 Å². The Morgan fingerprint density at radius 1 is 1.08 bits per heavy atom. The highest BCUT2D eigenvalue weighted by molar-refractivity contribution is 7.21. The van der Waals surface area contributed by atoms with Gasteiger partial charge in [0, 0.05) is 19.7 Å². The zero-order valence-corrected chi connectivity index (χ0v) is 14.2. The summed E-state index contributed by atoms with van der Waals surface area (Å²) in [5.74, 6) is -0.791. The van der Waals surface area contributed by atoms with Gasteiger partial charge in [-0.2, -0.15) is 0 Å². The summed E-state index contributed by atoms with van der Waals surface area (Å²) in [5.41, 5.74) is 2.01. The van der Waals surface area contributed by atoms with Gasteiger partial charge in [-0.05, 0) is 18.2 Å². The number of hydrogen-bond acceptors (Lipinski definition) is 5. The fourth-order valence-corrected chi connectivity index (χ4v) is 3.17. The molecule has 3 aromatic rings. The van der Waals surface area contributed by atoms with Crippen LogP contribution in [0.1, 0.15) is 10.4 Å². The minimum absolute atomic E-state index is 0.263. The molecular formula is C18H16N2O3S. The minimum Gasteiger partial charge on any atom is -0.452 e. The number of carbonyl (C=O) groups excluding carboxylic acids is 2. The normalized spacial score (nSPS) is 10.6. The fraction of sp³-hybridized carbons (Fsp3) is 0.167. The van der Waals surface area contributed by atoms with Crippen molar-refractivity contribution in [1.29, 1.82) is 0 Å². The average Bonchev–Trinajstić information content (AvgIpc) is 3.03. The van der Waals surface area contributed by atoms with Crippen LogP contribution in [0, 0.1) is 0 Å². The first-order valence-electron chi connectivity index (χ1n) is 7.38. The first kappa shape index (κ1) is 16.1. The zero-order chi connectivity index (χ0) is 17.1. The number of rotatable bonds is 4. The first-order chi connectivity index (χ1) is 11.6. The summed E-state index contributed by atoms with van der Waals surface area (Å²) >= 11 is 1.52. The van der Waals surface area contributed by atoms with Crippen molar-refractivity contribution in [2.75, 3.05) is 20.7 Å². The molecule has 6 heteroatoms. The van der Waals surface area contributed by atoms with Gasteiger partial charge in [0.25, 0.3) is 5.91 Å². The Morgan fingerprint density at radius 3 is 2.54 bits per heavy atom. The molecule has 0 bridgehead atoms. The Hall–Kier alpha value is -2.73. The molecule has 1 heterocycles. The van der Waals surface area contributed by atoms with Crippen LogP contribution in [0.2, 0.25) is 0 Å². The Morgan fingerprint density at radius 2 is 1.79 bits per heavy atom. The van der Waals surface area contributed by atoms with Gasteiger partial charge in [0.2, 0.25) is 0 Å². The lowest BCUT2D eigenvalue weighted by atomic mass is 10.1. The number of likely N-dealkylation sites (N-methyl/N-ethyl adjacent to an activating group) is 1. The van der Waals surface area contributed by atoms with E-state index in [-0.39, 0.29) is 12.5 Å². The number of thiazole rings is 1. The monoisotopic (exact) mass is 340 g/mol. The molecule has 0 saturated carbocycles. The molecule has 1 amide bonds. The summed E-state index contributed by atoms with van der Waals surface area (Å²) in [4.78, 5) is 29.9. The Bertz CT molecular complexity index is 869. The number of ether oxygens (including phenoxy) is 1. The summed E-state index contributed by atoms with van der Waals surface area (Å²) in [6.45, 7) is -0.278. The van der Waals surface area contributed by atoms with E-state index in [0.717, 1.165) is 15.2 Å². The highest BCUT2D eigenvalue weighted by atomic mass is 32.1. The molecule has 0 saturated heterocycles. The van der Waals surface area contributed by atoms with E-state index >= 15 is 0 Å². The Labute approximate surface area is 143 Å². The lowest BCUT2D eigenvalue weighted by Gasteiger charge is -2.11. The third-order valence-corrected chi connectivity index (χ3v) is 4.57. The van der Waals surface area contributed by atoms with E-state index < -0.39 is 5.97 Å². The maximum atomic E-state index is 12.4. The molecule has 3 rings (SSSR count). The van der Waals surface area contributed by atoms with Crippen LogP contribution in [-0.4, -0.2) is 42.5 Å². The van der Waals surface area contributed by atoms with Gasteiger partial charge in [0.15, 0.2) is 6.61 Å². The molecule has 24 heavy (non-hydrogen) atoms. The van der Waals surface area contributed by atoms with E-state index in [2.05, 4.69) is 4.98 Å². The van der Waals surface area contributed by atoms with E-state index in [0.29, 0.717) is 11.1 Å². The van der Waals surface area contributed by atoms with Crippen LogP contribution in [0.4, 0.5) is 0 Å². The molecule has 0 unspecified atom stereocenters. The molecule has 0 atom stereocenters. The van der Waals surface area contributed by atoms with E-state index in [1.807, 2.05) is 36.4 Å². The Balaban J connectivity index is 1.90. The van der Waals surface area contributed by atoms with Gasteiger partial charge in [-0.1, -0.05) is 30.3 Å². The lowest BCUT2D eigenvalue weighted by Crippen LogP contribution is -2.27. The van der Waals surface area contributed by atoms with Crippen molar-refractivity contribution >= 4 is 33.4 Å². The van der Waals surface area contributed by atoms with Crippen molar-refractivity contribution in [3.05, 3.63) is 54.1 Å². The number of fused-ring (bicyclic) bond motifs is 1. The van der Waals surface area contributed by atoms with Crippen LogP contribution in [0.25, 0.3) is 20.8 Å². The number of carbonyl (C=O) groups is 2. The number of amides is 1. The van der Waals surface area contributed by atoms with Crippen LogP contribution in [0.3, 0.4) is 0 Å². The predicted octanol–water partition coefficient (Wildman–Crippen LogP) is 3.21. The van der Waals surface area contributed by atoms with Crippen molar-refractivity contribution in [1.82, 2.24) is 9.88 Å². The average molecular weight is 340 g/mol.